The molecule has 1 N–H and O–H groups in total. The molecule has 1 aromatic carbocycles. The number of alkyl halides is 3. The van der Waals surface area contributed by atoms with E-state index in [0.29, 0.717) is 23.7 Å². The van der Waals surface area contributed by atoms with Gasteiger partial charge in [0.25, 0.3) is 5.91 Å². The molecule has 0 aliphatic carbocycles. The summed E-state index contributed by atoms with van der Waals surface area (Å²) in [4.78, 5) is 17.1. The Kier molecular flexibility index (Phi) is 5.39. The molecule has 0 bridgehead atoms. The van der Waals surface area contributed by atoms with Crippen molar-refractivity contribution in [2.75, 3.05) is 5.32 Å². The number of imidazole rings is 1. The number of fused-ring (bicyclic) bond motifs is 1. The molecular formula is C20H19ClF3N3O. The molecule has 3 rings (SSSR count). The van der Waals surface area contributed by atoms with Gasteiger partial charge in [-0.1, -0.05) is 44.5 Å². The monoisotopic (exact) mass is 409 g/mol. The first-order chi connectivity index (χ1) is 13.1. The summed E-state index contributed by atoms with van der Waals surface area (Å²) >= 11 is 6.01. The number of halogens is 4. The average molecular weight is 410 g/mol. The third kappa shape index (κ3) is 3.85. The van der Waals surface area contributed by atoms with Gasteiger partial charge >= 0.3 is 6.18 Å². The quantitative estimate of drug-likeness (QED) is 0.579. The molecule has 0 aliphatic heterocycles. The van der Waals surface area contributed by atoms with E-state index in [0.717, 1.165) is 22.2 Å². The highest BCUT2D eigenvalue weighted by Crippen LogP contribution is 2.33. The van der Waals surface area contributed by atoms with Crippen LogP contribution in [0.1, 0.15) is 54.0 Å². The van der Waals surface area contributed by atoms with Crippen molar-refractivity contribution in [2.24, 2.45) is 0 Å². The molecule has 0 spiro atoms. The van der Waals surface area contributed by atoms with Gasteiger partial charge in [-0.3, -0.25) is 9.20 Å². The van der Waals surface area contributed by atoms with Crippen molar-refractivity contribution in [1.82, 2.24) is 9.38 Å². The van der Waals surface area contributed by atoms with E-state index in [4.69, 9.17) is 11.6 Å². The van der Waals surface area contributed by atoms with Crippen molar-refractivity contribution < 1.29 is 18.0 Å². The zero-order chi connectivity index (χ0) is 20.6. The van der Waals surface area contributed by atoms with E-state index in [2.05, 4.69) is 24.1 Å². The molecular weight excluding hydrogens is 391 g/mol. The number of nitrogens with one attached hydrogen (secondary N) is 1. The fourth-order valence-electron chi connectivity index (χ4n) is 2.93. The topological polar surface area (TPSA) is 46.4 Å². The van der Waals surface area contributed by atoms with Gasteiger partial charge in [0, 0.05) is 11.9 Å². The molecule has 0 saturated carbocycles. The lowest BCUT2D eigenvalue weighted by molar-refractivity contribution is -0.137. The summed E-state index contributed by atoms with van der Waals surface area (Å²) in [6, 6.07) is 8.13. The number of nitrogens with zero attached hydrogens (tertiary/aromatic N) is 2. The minimum Gasteiger partial charge on any atom is -0.321 e. The number of amides is 1. The number of aromatic nitrogens is 2. The zero-order valence-corrected chi connectivity index (χ0v) is 16.3. The van der Waals surface area contributed by atoms with Crippen molar-refractivity contribution in [3.63, 3.8) is 0 Å². The van der Waals surface area contributed by atoms with Crippen LogP contribution in [0.15, 0.2) is 36.5 Å². The minimum absolute atomic E-state index is 0.0402. The number of rotatable bonds is 4. The standard InChI is InChI=1S/C20H19ClF3N3O/c1-4-16-17(19(28)25-14-7-5-12(6-8-14)11(2)3)27-10-13(20(22,23)24)9-15(21)18(27)26-16/h5-11H,4H2,1-3H3,(H,25,28). The summed E-state index contributed by atoms with van der Waals surface area (Å²) in [5.74, 6) is -0.199. The Morgan fingerprint density at radius 2 is 1.89 bits per heavy atom. The summed E-state index contributed by atoms with van der Waals surface area (Å²) in [6.45, 7) is 5.89. The van der Waals surface area contributed by atoms with Crippen LogP contribution in [0.25, 0.3) is 5.65 Å². The second-order valence-corrected chi connectivity index (χ2v) is 7.17. The first-order valence-corrected chi connectivity index (χ1v) is 9.18. The SMILES string of the molecule is CCc1nc2c(Cl)cc(C(F)(F)F)cn2c1C(=O)Nc1ccc(C(C)C)cc1. The summed E-state index contributed by atoms with van der Waals surface area (Å²) in [5, 5.41) is 2.57. The maximum Gasteiger partial charge on any atom is 0.417 e. The van der Waals surface area contributed by atoms with Gasteiger partial charge in [0.1, 0.15) is 5.69 Å². The second kappa shape index (κ2) is 7.47. The maximum atomic E-state index is 13.2. The van der Waals surface area contributed by atoms with E-state index >= 15 is 0 Å². The van der Waals surface area contributed by atoms with Crippen molar-refractivity contribution in [2.45, 2.75) is 39.3 Å². The fourth-order valence-corrected chi connectivity index (χ4v) is 3.19. The highest BCUT2D eigenvalue weighted by molar-refractivity contribution is 6.33. The largest absolute Gasteiger partial charge is 0.417 e. The average Bonchev–Trinajstić information content (AvgIpc) is 3.00. The van der Waals surface area contributed by atoms with E-state index < -0.39 is 17.6 Å². The van der Waals surface area contributed by atoms with Gasteiger partial charge in [-0.2, -0.15) is 13.2 Å². The van der Waals surface area contributed by atoms with Crippen molar-refractivity contribution in [1.29, 1.82) is 0 Å². The number of carbonyl (C=O) groups excluding carboxylic acids is 1. The maximum absolute atomic E-state index is 13.2. The van der Waals surface area contributed by atoms with Gasteiger partial charge in [-0.25, -0.2) is 4.98 Å². The smallest absolute Gasteiger partial charge is 0.321 e. The Morgan fingerprint density at radius 1 is 1.25 bits per heavy atom. The highest BCUT2D eigenvalue weighted by atomic mass is 35.5. The van der Waals surface area contributed by atoms with E-state index in [1.165, 1.54) is 0 Å². The van der Waals surface area contributed by atoms with Gasteiger partial charge in [-0.15, -0.1) is 0 Å². The van der Waals surface area contributed by atoms with Crippen LogP contribution in [0.5, 0.6) is 0 Å². The van der Waals surface area contributed by atoms with E-state index in [9.17, 15) is 18.0 Å². The number of aryl methyl sites for hydroxylation is 1. The minimum atomic E-state index is -4.59. The summed E-state index contributed by atoms with van der Waals surface area (Å²) in [5.41, 5.74) is 1.25. The first-order valence-electron chi connectivity index (χ1n) is 8.80. The number of anilines is 1. The molecule has 28 heavy (non-hydrogen) atoms. The van der Waals surface area contributed by atoms with Crippen LogP contribution >= 0.6 is 11.6 Å². The van der Waals surface area contributed by atoms with Crippen LogP contribution < -0.4 is 5.32 Å². The summed E-state index contributed by atoms with van der Waals surface area (Å²) < 4.78 is 40.6. The third-order valence-electron chi connectivity index (χ3n) is 4.46. The third-order valence-corrected chi connectivity index (χ3v) is 4.74. The molecule has 0 radical (unpaired) electrons. The molecule has 0 atom stereocenters. The Hall–Kier alpha value is -2.54. The van der Waals surface area contributed by atoms with Gasteiger partial charge in [0.05, 0.1) is 16.3 Å². The van der Waals surface area contributed by atoms with Gasteiger partial charge in [0.2, 0.25) is 0 Å². The number of hydrogen-bond donors (Lipinski definition) is 1. The first kappa shape index (κ1) is 20.2. The van der Waals surface area contributed by atoms with Crippen LogP contribution in [0.2, 0.25) is 5.02 Å². The lowest BCUT2D eigenvalue weighted by atomic mass is 10.0. The highest BCUT2D eigenvalue weighted by Gasteiger charge is 2.33. The van der Waals surface area contributed by atoms with Crippen LogP contribution in [0.3, 0.4) is 0 Å². The van der Waals surface area contributed by atoms with Gasteiger partial charge < -0.3 is 5.32 Å². The number of benzene rings is 1. The summed E-state index contributed by atoms with van der Waals surface area (Å²) in [7, 11) is 0. The number of hydrogen-bond acceptors (Lipinski definition) is 2. The molecule has 3 aromatic rings. The van der Waals surface area contributed by atoms with E-state index in [1.54, 1.807) is 19.1 Å². The molecule has 0 aliphatic rings. The lowest BCUT2D eigenvalue weighted by Crippen LogP contribution is -2.17. The van der Waals surface area contributed by atoms with Crippen LogP contribution in [0.4, 0.5) is 18.9 Å². The number of carbonyl (C=O) groups is 1. The Morgan fingerprint density at radius 3 is 2.43 bits per heavy atom. The second-order valence-electron chi connectivity index (χ2n) is 6.76. The van der Waals surface area contributed by atoms with Gasteiger partial charge in [0.15, 0.2) is 5.65 Å². The van der Waals surface area contributed by atoms with Crippen molar-refractivity contribution >= 4 is 28.8 Å². The Balaban J connectivity index is 2.05. The Labute approximate surface area is 165 Å². The summed E-state index contributed by atoms with van der Waals surface area (Å²) in [6.07, 6.45) is -3.37. The number of pyridine rings is 1. The van der Waals surface area contributed by atoms with Crippen molar-refractivity contribution in [3.8, 4) is 0 Å². The molecule has 4 nitrogen and oxygen atoms in total. The Bertz CT molecular complexity index is 1020. The molecule has 2 heterocycles. The molecule has 2 aromatic heterocycles. The van der Waals surface area contributed by atoms with Crippen LogP contribution in [0, 0.1) is 0 Å². The molecule has 0 saturated heterocycles. The molecule has 0 unspecified atom stereocenters. The normalized spacial score (nSPS) is 12.0. The predicted octanol–water partition coefficient (Wildman–Crippen LogP) is 5.94. The van der Waals surface area contributed by atoms with Gasteiger partial charge in [-0.05, 0) is 36.1 Å². The van der Waals surface area contributed by atoms with Crippen LogP contribution in [-0.2, 0) is 12.6 Å². The molecule has 8 heteroatoms. The van der Waals surface area contributed by atoms with E-state index in [-0.39, 0.29) is 16.4 Å². The molecule has 148 valence electrons. The lowest BCUT2D eigenvalue weighted by Gasteiger charge is -2.11. The predicted molar refractivity (Wildman–Crippen MR) is 103 cm³/mol. The van der Waals surface area contributed by atoms with Crippen molar-refractivity contribution in [3.05, 3.63) is 64.1 Å². The zero-order valence-electron chi connectivity index (χ0n) is 15.6. The molecule has 1 amide bonds. The van der Waals surface area contributed by atoms with E-state index in [1.807, 2.05) is 12.1 Å². The molecule has 0 fully saturated rings. The van der Waals surface area contributed by atoms with Crippen LogP contribution in [-0.4, -0.2) is 15.3 Å². The fraction of sp³-hybridized carbons (Fsp3) is 0.300.